The highest BCUT2D eigenvalue weighted by Gasteiger charge is 2.51. The third-order valence-electron chi connectivity index (χ3n) is 4.73. The van der Waals surface area contributed by atoms with Gasteiger partial charge in [0.05, 0.1) is 8.07 Å². The number of rotatable bonds is 6. The summed E-state index contributed by atoms with van der Waals surface area (Å²) >= 11 is 0. The van der Waals surface area contributed by atoms with Gasteiger partial charge in [-0.05, 0) is 25.3 Å². The molecule has 0 bridgehead atoms. The summed E-state index contributed by atoms with van der Waals surface area (Å²) in [5, 5.41) is 0. The van der Waals surface area contributed by atoms with Crippen LogP contribution >= 0.6 is 0 Å². The lowest BCUT2D eigenvalue weighted by Crippen LogP contribution is -2.40. The Morgan fingerprint density at radius 3 is 2.19 bits per heavy atom. The van der Waals surface area contributed by atoms with E-state index >= 15 is 0 Å². The molecule has 0 aromatic carbocycles. The molecule has 1 rings (SSSR count). The van der Waals surface area contributed by atoms with Crippen molar-refractivity contribution < 1.29 is 25.8 Å². The number of allylic oxidation sites excluding steroid dienone is 2. The summed E-state index contributed by atoms with van der Waals surface area (Å²) in [5.74, 6) is 0.0378. The van der Waals surface area contributed by atoms with E-state index in [2.05, 4.69) is 4.18 Å². The van der Waals surface area contributed by atoms with Crippen LogP contribution in [0, 0.1) is 0 Å². The minimum atomic E-state index is -5.56. The fourth-order valence-corrected chi connectivity index (χ4v) is 8.41. The van der Waals surface area contributed by atoms with Crippen LogP contribution < -0.4 is 0 Å². The standard InChI is InChI=1S/C13H23F3O3SSi/c1-4-21(5-2,6-3)12-10-8-7-9-11(12)19-20(17,18)13(14,15)16/h9,12H,4-8,10H2,1-3H3/t12-/m1/s1. The van der Waals surface area contributed by atoms with E-state index in [1.165, 1.54) is 0 Å². The van der Waals surface area contributed by atoms with E-state index in [1.54, 1.807) is 6.08 Å². The van der Waals surface area contributed by atoms with E-state index in [0.717, 1.165) is 31.0 Å². The van der Waals surface area contributed by atoms with Crippen molar-refractivity contribution in [3.63, 3.8) is 0 Å². The molecule has 0 aromatic heterocycles. The van der Waals surface area contributed by atoms with Crippen LogP contribution in [0.15, 0.2) is 11.8 Å². The first-order chi connectivity index (χ1) is 9.63. The van der Waals surface area contributed by atoms with Gasteiger partial charge in [-0.2, -0.15) is 21.6 Å². The van der Waals surface area contributed by atoms with Crippen LogP contribution in [0.3, 0.4) is 0 Å². The van der Waals surface area contributed by atoms with Gasteiger partial charge in [-0.1, -0.05) is 38.9 Å². The normalized spacial score (nSPS) is 21.0. The van der Waals surface area contributed by atoms with Crippen LogP contribution in [-0.2, 0) is 14.3 Å². The molecule has 124 valence electrons. The summed E-state index contributed by atoms with van der Waals surface area (Å²) in [4.78, 5) is 0. The molecule has 21 heavy (non-hydrogen) atoms. The van der Waals surface area contributed by atoms with E-state index in [0.29, 0.717) is 6.42 Å². The molecule has 0 radical (unpaired) electrons. The summed E-state index contributed by atoms with van der Waals surface area (Å²) in [6, 6.07) is 2.74. The van der Waals surface area contributed by atoms with Crippen LogP contribution in [0.5, 0.6) is 0 Å². The van der Waals surface area contributed by atoms with E-state index in [1.807, 2.05) is 20.8 Å². The summed E-state index contributed by atoms with van der Waals surface area (Å²) < 4.78 is 64.7. The van der Waals surface area contributed by atoms with Crippen molar-refractivity contribution in [2.75, 3.05) is 0 Å². The molecular formula is C13H23F3O3SSi. The molecule has 0 heterocycles. The van der Waals surface area contributed by atoms with Gasteiger partial charge in [-0.3, -0.25) is 0 Å². The molecule has 0 saturated carbocycles. The van der Waals surface area contributed by atoms with Crippen LogP contribution in [0.25, 0.3) is 0 Å². The van der Waals surface area contributed by atoms with Crippen molar-refractivity contribution in [2.45, 2.75) is 69.2 Å². The molecule has 0 aromatic rings. The number of alkyl halides is 3. The number of hydrogen-bond donors (Lipinski definition) is 0. The van der Waals surface area contributed by atoms with Crippen molar-refractivity contribution in [1.29, 1.82) is 0 Å². The van der Waals surface area contributed by atoms with Gasteiger partial charge in [0.25, 0.3) is 0 Å². The third kappa shape index (κ3) is 3.83. The quantitative estimate of drug-likeness (QED) is 0.395. The van der Waals surface area contributed by atoms with Gasteiger partial charge in [-0.25, -0.2) is 0 Å². The Kier molecular flexibility index (Phi) is 5.94. The number of hydrogen-bond acceptors (Lipinski definition) is 3. The summed E-state index contributed by atoms with van der Waals surface area (Å²) in [5.41, 5.74) is -5.51. The predicted octanol–water partition coefficient (Wildman–Crippen LogP) is 4.80. The lowest BCUT2D eigenvalue weighted by molar-refractivity contribution is -0.0524. The molecule has 0 spiro atoms. The zero-order valence-electron chi connectivity index (χ0n) is 12.7. The molecule has 0 unspecified atom stereocenters. The topological polar surface area (TPSA) is 43.4 Å². The maximum absolute atomic E-state index is 12.5. The first-order valence-corrected chi connectivity index (χ1v) is 11.4. The Hall–Kier alpha value is -0.503. The van der Waals surface area contributed by atoms with Crippen LogP contribution in [0.1, 0.15) is 40.0 Å². The summed E-state index contributed by atoms with van der Waals surface area (Å²) in [6.45, 7) is 6.14. The molecule has 0 N–H and O–H groups in total. The lowest BCUT2D eigenvalue weighted by Gasteiger charge is -2.39. The van der Waals surface area contributed by atoms with Gasteiger partial charge in [0.1, 0.15) is 5.76 Å². The monoisotopic (exact) mass is 344 g/mol. The second-order valence-corrected chi connectivity index (χ2v) is 12.6. The Morgan fingerprint density at radius 2 is 1.76 bits per heavy atom. The second kappa shape index (κ2) is 6.72. The second-order valence-electron chi connectivity index (χ2n) is 5.50. The first kappa shape index (κ1) is 18.5. The Bertz CT molecular complexity index is 473. The highest BCUT2D eigenvalue weighted by Crippen LogP contribution is 2.46. The fraction of sp³-hybridized carbons (Fsp3) is 0.846. The van der Waals surface area contributed by atoms with Gasteiger partial charge >= 0.3 is 15.6 Å². The van der Waals surface area contributed by atoms with Crippen molar-refractivity contribution in [3.8, 4) is 0 Å². The molecule has 1 aliphatic carbocycles. The molecular weight excluding hydrogens is 321 g/mol. The largest absolute Gasteiger partial charge is 0.534 e. The molecule has 1 aliphatic rings. The average Bonchev–Trinajstić information content (AvgIpc) is 2.41. The average molecular weight is 344 g/mol. The van der Waals surface area contributed by atoms with E-state index in [-0.39, 0.29) is 11.3 Å². The Balaban J connectivity index is 3.12. The molecule has 3 nitrogen and oxygen atoms in total. The molecule has 0 fully saturated rings. The maximum Gasteiger partial charge on any atom is 0.534 e. The third-order valence-corrected chi connectivity index (χ3v) is 12.0. The van der Waals surface area contributed by atoms with Crippen molar-refractivity contribution in [3.05, 3.63) is 11.8 Å². The minimum absolute atomic E-state index is 0.0378. The van der Waals surface area contributed by atoms with Crippen LogP contribution in [0.4, 0.5) is 13.2 Å². The number of halogens is 3. The zero-order valence-corrected chi connectivity index (χ0v) is 14.5. The van der Waals surface area contributed by atoms with Crippen molar-refractivity contribution >= 4 is 18.2 Å². The van der Waals surface area contributed by atoms with Crippen molar-refractivity contribution in [2.24, 2.45) is 0 Å². The van der Waals surface area contributed by atoms with Gasteiger partial charge in [0, 0.05) is 5.54 Å². The van der Waals surface area contributed by atoms with Gasteiger partial charge in [0.2, 0.25) is 0 Å². The van der Waals surface area contributed by atoms with Crippen LogP contribution in [-0.4, -0.2) is 22.0 Å². The van der Waals surface area contributed by atoms with E-state index in [9.17, 15) is 21.6 Å². The van der Waals surface area contributed by atoms with E-state index < -0.39 is 23.7 Å². The molecule has 0 aliphatic heterocycles. The summed E-state index contributed by atoms with van der Waals surface area (Å²) in [6.07, 6.45) is 3.71. The Labute approximate surface area is 125 Å². The smallest absolute Gasteiger partial charge is 0.381 e. The van der Waals surface area contributed by atoms with Gasteiger partial charge < -0.3 is 4.18 Å². The zero-order chi connectivity index (χ0) is 16.3. The summed E-state index contributed by atoms with van der Waals surface area (Å²) in [7, 11) is -7.42. The maximum atomic E-state index is 12.5. The van der Waals surface area contributed by atoms with Gasteiger partial charge in [0.15, 0.2) is 0 Å². The van der Waals surface area contributed by atoms with E-state index in [4.69, 9.17) is 0 Å². The fourth-order valence-electron chi connectivity index (χ4n) is 3.21. The highest BCUT2D eigenvalue weighted by molar-refractivity contribution is 7.87. The molecule has 0 amide bonds. The SMILES string of the molecule is CC[Si](CC)(CC)[C@@H]1CCCC=C1OS(=O)(=O)C(F)(F)F. The Morgan fingerprint density at radius 1 is 1.24 bits per heavy atom. The van der Waals surface area contributed by atoms with Crippen molar-refractivity contribution in [1.82, 2.24) is 0 Å². The predicted molar refractivity (Wildman–Crippen MR) is 78.9 cm³/mol. The van der Waals surface area contributed by atoms with Gasteiger partial charge in [-0.15, -0.1) is 0 Å². The molecule has 8 heteroatoms. The highest BCUT2D eigenvalue weighted by atomic mass is 32.2. The first-order valence-electron chi connectivity index (χ1n) is 7.34. The molecule has 0 saturated heterocycles. The minimum Gasteiger partial charge on any atom is -0.381 e. The lowest BCUT2D eigenvalue weighted by atomic mass is 10.1. The molecule has 1 atom stereocenters. The van der Waals surface area contributed by atoms with Crippen LogP contribution in [0.2, 0.25) is 23.7 Å².